The van der Waals surface area contributed by atoms with Gasteiger partial charge in [-0.25, -0.2) is 0 Å². The summed E-state index contributed by atoms with van der Waals surface area (Å²) in [4.78, 5) is 22.9. The Hall–Kier alpha value is -3.18. The van der Waals surface area contributed by atoms with Gasteiger partial charge in [-0.15, -0.1) is 0 Å². The van der Waals surface area contributed by atoms with Crippen molar-refractivity contribution in [2.75, 3.05) is 0 Å². The van der Waals surface area contributed by atoms with Gasteiger partial charge in [-0.05, 0) is 0 Å². The summed E-state index contributed by atoms with van der Waals surface area (Å²) in [6, 6.07) is 14.1. The van der Waals surface area contributed by atoms with E-state index in [0.29, 0.717) is 23.0 Å². The van der Waals surface area contributed by atoms with Gasteiger partial charge in [-0.3, -0.25) is 0 Å². The predicted octanol–water partition coefficient (Wildman–Crippen LogP) is 5.67. The maximum atomic E-state index is 11.4. The van der Waals surface area contributed by atoms with Gasteiger partial charge in [0.25, 0.3) is 0 Å². The van der Waals surface area contributed by atoms with Crippen LogP contribution in [0.25, 0.3) is 0 Å². The van der Waals surface area contributed by atoms with Crippen LogP contribution in [0.2, 0.25) is 0 Å². The Morgan fingerprint density at radius 3 is 1.48 bits per heavy atom. The minimum atomic E-state index is -4.23. The molecular formula is C26H24O6Zr. The molecule has 0 saturated heterocycles. The summed E-state index contributed by atoms with van der Waals surface area (Å²) in [7, 11) is 0. The average Bonchev–Trinajstić information content (AvgIpc) is 3.48. The number of rotatable bonds is 8. The fraction of sp³-hybridized carbons (Fsp3) is 0.154. The second-order valence-corrected chi connectivity index (χ2v) is 14.8. The van der Waals surface area contributed by atoms with Gasteiger partial charge >= 0.3 is 199 Å². The molecule has 0 fully saturated rings. The molecule has 0 heterocycles. The van der Waals surface area contributed by atoms with Crippen molar-refractivity contribution in [3.05, 3.63) is 91.5 Å². The molecule has 0 unspecified atom stereocenters. The molecule has 2 aromatic carbocycles. The van der Waals surface area contributed by atoms with Gasteiger partial charge in [0, 0.05) is 0 Å². The third kappa shape index (κ3) is 5.61. The fourth-order valence-electron chi connectivity index (χ4n) is 3.74. The maximum absolute atomic E-state index is 11.4. The standard InChI is InChI=1S/2C8H8O3.2C5H5.Zr/c2*1-6(9)11-8-4-2-3-7(10)5-8;2*1-2-4-5-3-1;/h2*2-5,10H,1H3;2*1-3H,4H2;/q;;;;+2/p-2. The molecule has 2 aliphatic carbocycles. The number of benzene rings is 2. The van der Waals surface area contributed by atoms with E-state index in [4.69, 9.17) is 15.1 Å². The van der Waals surface area contributed by atoms with Crippen molar-refractivity contribution in [2.45, 2.75) is 26.7 Å². The second kappa shape index (κ2) is 10.2. The molecule has 6 nitrogen and oxygen atoms in total. The van der Waals surface area contributed by atoms with Crippen LogP contribution in [-0.4, -0.2) is 11.9 Å². The van der Waals surface area contributed by atoms with Crippen LogP contribution >= 0.6 is 0 Å². The van der Waals surface area contributed by atoms with E-state index < -0.39 is 33.1 Å². The van der Waals surface area contributed by atoms with Gasteiger partial charge in [0.2, 0.25) is 0 Å². The molecule has 0 aliphatic heterocycles. The summed E-state index contributed by atoms with van der Waals surface area (Å²) in [6.07, 6.45) is 13.8. The summed E-state index contributed by atoms with van der Waals surface area (Å²) in [5.74, 6) is 1.17. The van der Waals surface area contributed by atoms with E-state index in [1.165, 1.54) is 13.8 Å². The number of hydrogen-bond acceptors (Lipinski definition) is 6. The zero-order valence-electron chi connectivity index (χ0n) is 18.4. The molecule has 2 aromatic rings. The number of ether oxygens (including phenoxy) is 2. The van der Waals surface area contributed by atoms with E-state index in [1.807, 2.05) is 24.3 Å². The molecule has 4 rings (SSSR count). The molecule has 0 N–H and O–H groups in total. The second-order valence-electron chi connectivity index (χ2n) is 7.61. The molecule has 168 valence electrons. The Bertz CT molecular complexity index is 1100. The Balaban J connectivity index is 1.75. The van der Waals surface area contributed by atoms with Crippen molar-refractivity contribution < 1.29 is 45.8 Å². The summed E-state index contributed by atoms with van der Waals surface area (Å²) in [5, 5.41) is 0. The van der Waals surface area contributed by atoms with Crippen molar-refractivity contribution in [1.82, 2.24) is 0 Å². The van der Waals surface area contributed by atoms with Crippen molar-refractivity contribution in [3.8, 4) is 23.0 Å². The summed E-state index contributed by atoms with van der Waals surface area (Å²) in [5.41, 5.74) is 0. The SMILES string of the molecule is CC(=O)Oc1cccc([O][Zr]([O]c2cccc(OC(C)=O)c2)([C]2=CC=CC2)[C]2=CC=CC2)c1. The molecule has 0 radical (unpaired) electrons. The third-order valence-electron chi connectivity index (χ3n) is 5.05. The molecule has 33 heavy (non-hydrogen) atoms. The Kier molecular flexibility index (Phi) is 7.09. The normalized spacial score (nSPS) is 14.5. The van der Waals surface area contributed by atoms with E-state index in [0.717, 1.165) is 19.4 Å². The Morgan fingerprint density at radius 2 is 1.12 bits per heavy atom. The van der Waals surface area contributed by atoms with Crippen LogP contribution in [0.15, 0.2) is 91.5 Å². The Morgan fingerprint density at radius 1 is 0.697 bits per heavy atom. The third-order valence-corrected chi connectivity index (χ3v) is 13.6. The van der Waals surface area contributed by atoms with Gasteiger partial charge < -0.3 is 0 Å². The van der Waals surface area contributed by atoms with Crippen LogP contribution in [-0.2, 0) is 30.7 Å². The van der Waals surface area contributed by atoms with Crippen LogP contribution in [0.1, 0.15) is 26.7 Å². The fourth-order valence-corrected chi connectivity index (χ4v) is 11.9. The number of esters is 2. The van der Waals surface area contributed by atoms with Crippen LogP contribution < -0.4 is 15.1 Å². The zero-order chi connectivity index (χ0) is 23.3. The molecule has 2 aliphatic rings. The van der Waals surface area contributed by atoms with Gasteiger partial charge in [0.05, 0.1) is 0 Å². The minimum absolute atomic E-state index is 0.397. The van der Waals surface area contributed by atoms with Crippen LogP contribution in [0.4, 0.5) is 0 Å². The molecule has 0 spiro atoms. The van der Waals surface area contributed by atoms with Gasteiger partial charge in [0.15, 0.2) is 0 Å². The number of allylic oxidation sites excluding steroid dienone is 8. The summed E-state index contributed by atoms with van der Waals surface area (Å²) < 4.78 is 26.3. The first kappa shape index (κ1) is 23.0. The molecule has 0 saturated carbocycles. The Labute approximate surface area is 198 Å². The van der Waals surface area contributed by atoms with Gasteiger partial charge in [-0.1, -0.05) is 0 Å². The molecule has 0 aromatic heterocycles. The van der Waals surface area contributed by atoms with E-state index in [2.05, 4.69) is 24.3 Å². The van der Waals surface area contributed by atoms with Crippen LogP contribution in [0.5, 0.6) is 23.0 Å². The van der Waals surface area contributed by atoms with Crippen molar-refractivity contribution in [2.24, 2.45) is 0 Å². The monoisotopic (exact) mass is 522 g/mol. The van der Waals surface area contributed by atoms with Crippen molar-refractivity contribution >= 4 is 11.9 Å². The van der Waals surface area contributed by atoms with E-state index in [-0.39, 0.29) is 0 Å². The number of carbonyl (C=O) groups is 2. The molecule has 7 heteroatoms. The first-order chi connectivity index (χ1) is 15.9. The van der Waals surface area contributed by atoms with Crippen LogP contribution in [0.3, 0.4) is 0 Å². The van der Waals surface area contributed by atoms with E-state index in [1.54, 1.807) is 36.4 Å². The van der Waals surface area contributed by atoms with Crippen molar-refractivity contribution in [1.29, 1.82) is 0 Å². The topological polar surface area (TPSA) is 71.1 Å². The quantitative estimate of drug-likeness (QED) is 0.328. The molecule has 0 bridgehead atoms. The van der Waals surface area contributed by atoms with Crippen molar-refractivity contribution in [3.63, 3.8) is 0 Å². The summed E-state index contributed by atoms with van der Waals surface area (Å²) >= 11 is -4.23. The number of carbonyl (C=O) groups excluding carboxylic acids is 2. The molecule has 0 amide bonds. The summed E-state index contributed by atoms with van der Waals surface area (Å²) in [6.45, 7) is 2.72. The van der Waals surface area contributed by atoms with E-state index >= 15 is 0 Å². The average molecular weight is 524 g/mol. The van der Waals surface area contributed by atoms with Gasteiger partial charge in [-0.2, -0.15) is 0 Å². The van der Waals surface area contributed by atoms with E-state index in [9.17, 15) is 9.59 Å². The molecule has 0 atom stereocenters. The van der Waals surface area contributed by atoms with Gasteiger partial charge in [0.1, 0.15) is 0 Å². The first-order valence-corrected chi connectivity index (χ1v) is 15.1. The molecular weight excluding hydrogens is 500 g/mol. The van der Waals surface area contributed by atoms with Crippen LogP contribution in [0, 0.1) is 0 Å². The number of hydrogen-bond donors (Lipinski definition) is 0. The zero-order valence-corrected chi connectivity index (χ0v) is 20.9. The predicted molar refractivity (Wildman–Crippen MR) is 120 cm³/mol. The first-order valence-electron chi connectivity index (χ1n) is 10.6.